The van der Waals surface area contributed by atoms with Crippen LogP contribution in [0.5, 0.6) is 0 Å². The topological polar surface area (TPSA) is 38.9 Å². The minimum absolute atomic E-state index is 0.681. The highest BCUT2D eigenvalue weighted by molar-refractivity contribution is 7.21. The van der Waals surface area contributed by atoms with Gasteiger partial charge in [0.25, 0.3) is 0 Å². The van der Waals surface area contributed by atoms with Crippen LogP contribution in [0.25, 0.3) is 20.8 Å². The van der Waals surface area contributed by atoms with Crippen LogP contribution < -0.4 is 5.73 Å². The maximum Gasteiger partial charge on any atom is 0.124 e. The van der Waals surface area contributed by atoms with Gasteiger partial charge in [0.05, 0.1) is 10.2 Å². The van der Waals surface area contributed by atoms with Crippen LogP contribution in [0.15, 0.2) is 42.5 Å². The molecule has 1 heterocycles. The summed E-state index contributed by atoms with van der Waals surface area (Å²) in [5.41, 5.74) is 10.4. The summed E-state index contributed by atoms with van der Waals surface area (Å²) < 4.78 is 1.23. The van der Waals surface area contributed by atoms with Crippen LogP contribution >= 0.6 is 11.3 Å². The fraction of sp³-hybridized carbons (Fsp3) is 0.188. The molecule has 0 radical (unpaired) electrons. The monoisotopic (exact) mass is 268 g/mol. The zero-order chi connectivity index (χ0) is 13.2. The van der Waals surface area contributed by atoms with Crippen LogP contribution in [0.3, 0.4) is 0 Å². The molecule has 3 rings (SSSR count). The van der Waals surface area contributed by atoms with E-state index in [-0.39, 0.29) is 0 Å². The van der Waals surface area contributed by atoms with Crippen molar-refractivity contribution in [1.82, 2.24) is 4.98 Å². The second-order valence-corrected chi connectivity index (χ2v) is 5.76. The predicted octanol–water partition coefficient (Wildman–Crippen LogP) is 3.77. The summed E-state index contributed by atoms with van der Waals surface area (Å²) in [5.74, 6) is 0. The number of nitrogens with zero attached hydrogens (tertiary/aromatic N) is 1. The third-order valence-corrected chi connectivity index (χ3v) is 4.27. The summed E-state index contributed by atoms with van der Waals surface area (Å²) >= 11 is 1.74. The van der Waals surface area contributed by atoms with Gasteiger partial charge in [-0.15, -0.1) is 11.3 Å². The largest absolute Gasteiger partial charge is 0.330 e. The molecule has 0 aliphatic heterocycles. The number of hydrogen-bond acceptors (Lipinski definition) is 3. The van der Waals surface area contributed by atoms with Crippen LogP contribution in [0.1, 0.15) is 11.1 Å². The molecular formula is C16H16N2S. The lowest BCUT2D eigenvalue weighted by Gasteiger charge is -1.96. The molecule has 19 heavy (non-hydrogen) atoms. The molecule has 2 nitrogen and oxygen atoms in total. The molecule has 3 heteroatoms. The van der Waals surface area contributed by atoms with Gasteiger partial charge in [0.2, 0.25) is 0 Å². The summed E-state index contributed by atoms with van der Waals surface area (Å²) in [6, 6.07) is 15.0. The average molecular weight is 268 g/mol. The first kappa shape index (κ1) is 12.3. The number of thiazole rings is 1. The van der Waals surface area contributed by atoms with E-state index in [1.165, 1.54) is 21.4 Å². The Kier molecular flexibility index (Phi) is 3.32. The van der Waals surface area contributed by atoms with Gasteiger partial charge in [0.15, 0.2) is 0 Å². The van der Waals surface area contributed by atoms with E-state index in [2.05, 4.69) is 49.4 Å². The molecular weight excluding hydrogens is 252 g/mol. The lowest BCUT2D eigenvalue weighted by Crippen LogP contribution is -2.02. The summed E-state index contributed by atoms with van der Waals surface area (Å²) in [4.78, 5) is 4.73. The fourth-order valence-electron chi connectivity index (χ4n) is 2.11. The van der Waals surface area contributed by atoms with Crippen LogP contribution in [-0.4, -0.2) is 11.5 Å². The minimum Gasteiger partial charge on any atom is -0.330 e. The van der Waals surface area contributed by atoms with Crippen molar-refractivity contribution in [2.24, 2.45) is 5.73 Å². The van der Waals surface area contributed by atoms with Gasteiger partial charge in [-0.05, 0) is 37.6 Å². The average Bonchev–Trinajstić information content (AvgIpc) is 2.83. The van der Waals surface area contributed by atoms with Crippen molar-refractivity contribution in [1.29, 1.82) is 0 Å². The predicted molar refractivity (Wildman–Crippen MR) is 82.6 cm³/mol. The van der Waals surface area contributed by atoms with Gasteiger partial charge in [-0.2, -0.15) is 0 Å². The van der Waals surface area contributed by atoms with Crippen molar-refractivity contribution in [2.45, 2.75) is 13.3 Å². The molecule has 0 saturated carbocycles. The van der Waals surface area contributed by atoms with Gasteiger partial charge in [-0.25, -0.2) is 4.98 Å². The second-order valence-electron chi connectivity index (χ2n) is 4.73. The molecule has 1 aromatic heterocycles. The third kappa shape index (κ3) is 2.53. The van der Waals surface area contributed by atoms with Crippen molar-refractivity contribution in [3.05, 3.63) is 53.6 Å². The Morgan fingerprint density at radius 3 is 2.63 bits per heavy atom. The maximum atomic E-state index is 5.60. The minimum atomic E-state index is 0.681. The first-order valence-electron chi connectivity index (χ1n) is 6.43. The van der Waals surface area contributed by atoms with Gasteiger partial charge in [-0.3, -0.25) is 0 Å². The van der Waals surface area contributed by atoms with Crippen molar-refractivity contribution < 1.29 is 0 Å². The molecule has 0 bridgehead atoms. The Bertz CT molecular complexity index is 698. The first-order chi connectivity index (χ1) is 9.26. The van der Waals surface area contributed by atoms with E-state index in [4.69, 9.17) is 10.7 Å². The highest BCUT2D eigenvalue weighted by Gasteiger charge is 2.06. The SMILES string of the molecule is Cc1ccc(-c2nc3cc(CCN)ccc3s2)cc1. The quantitative estimate of drug-likeness (QED) is 0.785. The zero-order valence-corrected chi connectivity index (χ0v) is 11.7. The number of aryl methyl sites for hydroxylation is 1. The van der Waals surface area contributed by atoms with Gasteiger partial charge >= 0.3 is 0 Å². The van der Waals surface area contributed by atoms with Crippen molar-refractivity contribution in [2.75, 3.05) is 6.54 Å². The van der Waals surface area contributed by atoms with E-state index in [0.717, 1.165) is 16.9 Å². The van der Waals surface area contributed by atoms with Crippen LogP contribution in [0.2, 0.25) is 0 Å². The van der Waals surface area contributed by atoms with Gasteiger partial charge in [0, 0.05) is 5.56 Å². The summed E-state index contributed by atoms with van der Waals surface area (Å²) in [6.45, 7) is 2.78. The number of benzene rings is 2. The van der Waals surface area contributed by atoms with E-state index in [0.29, 0.717) is 6.54 Å². The standard InChI is InChI=1S/C16H16N2S/c1-11-2-5-13(6-3-11)16-18-14-10-12(8-9-17)4-7-15(14)19-16/h2-7,10H,8-9,17H2,1H3. The Morgan fingerprint density at radius 1 is 1.11 bits per heavy atom. The maximum absolute atomic E-state index is 5.60. The molecule has 0 atom stereocenters. The zero-order valence-electron chi connectivity index (χ0n) is 10.9. The summed E-state index contributed by atoms with van der Waals surface area (Å²) in [7, 11) is 0. The lowest BCUT2D eigenvalue weighted by molar-refractivity contribution is 0.970. The first-order valence-corrected chi connectivity index (χ1v) is 7.24. The van der Waals surface area contributed by atoms with E-state index >= 15 is 0 Å². The van der Waals surface area contributed by atoms with Crippen LogP contribution in [0.4, 0.5) is 0 Å². The number of aromatic nitrogens is 1. The normalized spacial score (nSPS) is 11.1. The summed E-state index contributed by atoms with van der Waals surface area (Å²) in [5, 5.41) is 1.08. The van der Waals surface area contributed by atoms with Crippen LogP contribution in [0, 0.1) is 6.92 Å². The number of fused-ring (bicyclic) bond motifs is 1. The second kappa shape index (κ2) is 5.11. The molecule has 0 saturated heterocycles. The molecule has 0 aliphatic carbocycles. The Morgan fingerprint density at radius 2 is 1.89 bits per heavy atom. The van der Waals surface area contributed by atoms with Gasteiger partial charge in [0.1, 0.15) is 5.01 Å². The third-order valence-electron chi connectivity index (χ3n) is 3.18. The molecule has 2 N–H and O–H groups in total. The Hall–Kier alpha value is -1.71. The molecule has 3 aromatic rings. The smallest absolute Gasteiger partial charge is 0.124 e. The summed E-state index contributed by atoms with van der Waals surface area (Å²) in [6.07, 6.45) is 0.910. The number of hydrogen-bond donors (Lipinski definition) is 1. The van der Waals surface area contributed by atoms with Crippen molar-refractivity contribution in [3.8, 4) is 10.6 Å². The van der Waals surface area contributed by atoms with E-state index in [1.54, 1.807) is 11.3 Å². The Balaban J connectivity index is 2.03. The molecule has 2 aromatic carbocycles. The fourth-order valence-corrected chi connectivity index (χ4v) is 3.07. The molecule has 0 aliphatic rings. The van der Waals surface area contributed by atoms with E-state index < -0.39 is 0 Å². The highest BCUT2D eigenvalue weighted by Crippen LogP contribution is 2.30. The Labute approximate surface area is 116 Å². The molecule has 0 spiro atoms. The van der Waals surface area contributed by atoms with E-state index in [1.807, 2.05) is 0 Å². The molecule has 96 valence electrons. The highest BCUT2D eigenvalue weighted by atomic mass is 32.1. The number of rotatable bonds is 3. The van der Waals surface area contributed by atoms with Crippen molar-refractivity contribution in [3.63, 3.8) is 0 Å². The number of nitrogens with two attached hydrogens (primary N) is 1. The van der Waals surface area contributed by atoms with E-state index in [9.17, 15) is 0 Å². The van der Waals surface area contributed by atoms with Gasteiger partial charge in [-0.1, -0.05) is 35.9 Å². The van der Waals surface area contributed by atoms with Crippen LogP contribution in [-0.2, 0) is 6.42 Å². The molecule has 0 fully saturated rings. The van der Waals surface area contributed by atoms with Crippen molar-refractivity contribution >= 4 is 21.6 Å². The van der Waals surface area contributed by atoms with Gasteiger partial charge < -0.3 is 5.73 Å². The molecule has 0 amide bonds. The molecule has 0 unspecified atom stereocenters. The lowest BCUT2D eigenvalue weighted by atomic mass is 10.1.